The number of nitrogens with one attached hydrogen (secondary N) is 1. The maximum Gasteiger partial charge on any atom is 0.262 e. The molecule has 4 nitrogen and oxygen atoms in total. The van der Waals surface area contributed by atoms with Crippen LogP contribution in [0.4, 0.5) is 10.1 Å². The Balaban J connectivity index is 2.41. The number of hydrogen-bond donors (Lipinski definition) is 2. The molecule has 3 N–H and O–H groups in total. The number of benzene rings is 2. The van der Waals surface area contributed by atoms with Gasteiger partial charge in [0.15, 0.2) is 0 Å². The van der Waals surface area contributed by atoms with Gasteiger partial charge in [-0.1, -0.05) is 18.2 Å². The maximum absolute atomic E-state index is 13.1. The lowest BCUT2D eigenvalue weighted by Crippen LogP contribution is -2.15. The van der Waals surface area contributed by atoms with Crippen LogP contribution in [0.5, 0.6) is 0 Å². The minimum Gasteiger partial charge on any atom is -0.326 e. The molecule has 20 heavy (non-hydrogen) atoms. The van der Waals surface area contributed by atoms with Crippen LogP contribution in [0.15, 0.2) is 47.4 Å². The molecule has 2 aromatic carbocycles. The van der Waals surface area contributed by atoms with Gasteiger partial charge in [0.25, 0.3) is 10.0 Å². The molecule has 0 aliphatic heterocycles. The Morgan fingerprint density at radius 3 is 2.55 bits per heavy atom. The normalized spacial score (nSPS) is 11.3. The number of rotatable bonds is 4. The summed E-state index contributed by atoms with van der Waals surface area (Å²) in [6.45, 7) is 2.07. The molecule has 0 radical (unpaired) electrons. The number of aryl methyl sites for hydroxylation is 1. The van der Waals surface area contributed by atoms with E-state index in [1.807, 2.05) is 13.0 Å². The highest BCUT2D eigenvalue weighted by Crippen LogP contribution is 2.22. The van der Waals surface area contributed by atoms with Crippen LogP contribution in [0.3, 0.4) is 0 Å². The lowest BCUT2D eigenvalue weighted by molar-refractivity contribution is 0.595. The van der Waals surface area contributed by atoms with Crippen molar-refractivity contribution in [2.75, 3.05) is 4.72 Å². The number of hydrogen-bond acceptors (Lipinski definition) is 3. The summed E-state index contributed by atoms with van der Waals surface area (Å²) in [6.07, 6.45) is 0. The van der Waals surface area contributed by atoms with Gasteiger partial charge in [-0.3, -0.25) is 4.72 Å². The van der Waals surface area contributed by atoms with Gasteiger partial charge in [0, 0.05) is 6.54 Å². The number of halogens is 1. The number of nitrogens with two attached hydrogens (primary N) is 1. The third-order valence-electron chi connectivity index (χ3n) is 2.97. The van der Waals surface area contributed by atoms with Crippen molar-refractivity contribution in [2.45, 2.75) is 18.4 Å². The predicted octanol–water partition coefficient (Wildman–Crippen LogP) is 2.39. The number of anilines is 1. The van der Waals surface area contributed by atoms with E-state index in [4.69, 9.17) is 5.73 Å². The molecular weight excluding hydrogens is 279 g/mol. The Labute approximate surface area is 117 Å². The highest BCUT2D eigenvalue weighted by molar-refractivity contribution is 7.92. The maximum atomic E-state index is 13.1. The van der Waals surface area contributed by atoms with Gasteiger partial charge in [0.1, 0.15) is 5.82 Å². The summed E-state index contributed by atoms with van der Waals surface area (Å²) in [5, 5.41) is 0. The van der Waals surface area contributed by atoms with Crippen LogP contribution in [-0.2, 0) is 16.6 Å². The molecule has 0 spiro atoms. The number of sulfonamides is 1. The molecule has 0 saturated carbocycles. The molecule has 0 heterocycles. The average molecular weight is 294 g/mol. The third-order valence-corrected chi connectivity index (χ3v) is 4.33. The Morgan fingerprint density at radius 2 is 1.90 bits per heavy atom. The second kappa shape index (κ2) is 5.60. The van der Waals surface area contributed by atoms with Gasteiger partial charge in [-0.25, -0.2) is 12.8 Å². The topological polar surface area (TPSA) is 72.2 Å². The van der Waals surface area contributed by atoms with Gasteiger partial charge < -0.3 is 5.73 Å². The summed E-state index contributed by atoms with van der Waals surface area (Å²) >= 11 is 0. The van der Waals surface area contributed by atoms with E-state index in [9.17, 15) is 12.8 Å². The Hall–Kier alpha value is -1.92. The summed E-state index contributed by atoms with van der Waals surface area (Å²) in [6, 6.07) is 10.1. The smallest absolute Gasteiger partial charge is 0.262 e. The van der Waals surface area contributed by atoms with Crippen LogP contribution in [0, 0.1) is 12.7 Å². The molecule has 0 aliphatic carbocycles. The summed E-state index contributed by atoms with van der Waals surface area (Å²) in [5.74, 6) is -0.601. The Kier molecular flexibility index (Phi) is 4.06. The van der Waals surface area contributed by atoms with Crippen LogP contribution >= 0.6 is 0 Å². The quantitative estimate of drug-likeness (QED) is 0.909. The highest BCUT2D eigenvalue weighted by Gasteiger charge is 2.16. The first kappa shape index (κ1) is 14.5. The van der Waals surface area contributed by atoms with Crippen LogP contribution in [0.1, 0.15) is 11.1 Å². The monoisotopic (exact) mass is 294 g/mol. The molecule has 2 aromatic rings. The van der Waals surface area contributed by atoms with E-state index in [0.29, 0.717) is 11.3 Å². The molecule has 0 amide bonds. The van der Waals surface area contributed by atoms with Crippen molar-refractivity contribution in [3.05, 3.63) is 59.4 Å². The molecule has 0 aromatic heterocycles. The highest BCUT2D eigenvalue weighted by atomic mass is 32.2. The lowest BCUT2D eigenvalue weighted by atomic mass is 10.1. The fraction of sp³-hybridized carbons (Fsp3) is 0.143. The van der Waals surface area contributed by atoms with Crippen LogP contribution in [0.25, 0.3) is 0 Å². The van der Waals surface area contributed by atoms with E-state index in [2.05, 4.69) is 4.72 Å². The van der Waals surface area contributed by atoms with Crippen LogP contribution in [0.2, 0.25) is 0 Å². The van der Waals surface area contributed by atoms with Crippen LogP contribution in [-0.4, -0.2) is 8.42 Å². The summed E-state index contributed by atoms with van der Waals surface area (Å²) in [4.78, 5) is -0.123. The van der Waals surface area contributed by atoms with Crippen molar-refractivity contribution < 1.29 is 12.8 Å². The molecule has 6 heteroatoms. The Morgan fingerprint density at radius 1 is 1.20 bits per heavy atom. The molecule has 0 unspecified atom stereocenters. The van der Waals surface area contributed by atoms with Crippen molar-refractivity contribution in [3.8, 4) is 0 Å². The fourth-order valence-electron chi connectivity index (χ4n) is 1.91. The van der Waals surface area contributed by atoms with Gasteiger partial charge in [-0.15, -0.1) is 0 Å². The summed E-state index contributed by atoms with van der Waals surface area (Å²) in [5.41, 5.74) is 7.66. The Bertz CT molecular complexity index is 730. The first-order valence-corrected chi connectivity index (χ1v) is 7.49. The minimum atomic E-state index is -3.83. The van der Waals surface area contributed by atoms with E-state index in [-0.39, 0.29) is 11.4 Å². The van der Waals surface area contributed by atoms with Gasteiger partial charge in [0.05, 0.1) is 10.6 Å². The predicted molar refractivity (Wildman–Crippen MR) is 76.3 cm³/mol. The minimum absolute atomic E-state index is 0.123. The second-order valence-electron chi connectivity index (χ2n) is 4.37. The largest absolute Gasteiger partial charge is 0.326 e. The third kappa shape index (κ3) is 2.97. The van der Waals surface area contributed by atoms with Crippen molar-refractivity contribution in [2.24, 2.45) is 5.73 Å². The zero-order chi connectivity index (χ0) is 14.8. The van der Waals surface area contributed by atoms with Gasteiger partial charge in [-0.2, -0.15) is 0 Å². The average Bonchev–Trinajstić information content (AvgIpc) is 2.38. The molecule has 0 aliphatic rings. The summed E-state index contributed by atoms with van der Waals surface area (Å²) in [7, 11) is -3.83. The van der Waals surface area contributed by atoms with Crippen molar-refractivity contribution in [1.29, 1.82) is 0 Å². The van der Waals surface area contributed by atoms with Gasteiger partial charge in [-0.05, 0) is 42.3 Å². The molecule has 0 atom stereocenters. The standard InChI is InChI=1S/C14H15FN2O2S/c1-10-4-2-7-14(13(10)9-16)17-20(18,19)12-6-3-5-11(15)8-12/h2-8,17H,9,16H2,1H3. The first-order valence-electron chi connectivity index (χ1n) is 6.01. The van der Waals surface area contributed by atoms with Crippen LogP contribution < -0.4 is 10.5 Å². The zero-order valence-electron chi connectivity index (χ0n) is 10.9. The van der Waals surface area contributed by atoms with Gasteiger partial charge in [0.2, 0.25) is 0 Å². The molecule has 0 saturated heterocycles. The van der Waals surface area contributed by atoms with Crippen molar-refractivity contribution in [3.63, 3.8) is 0 Å². The molecule has 0 bridgehead atoms. The van der Waals surface area contributed by atoms with E-state index in [0.717, 1.165) is 11.6 Å². The fourth-order valence-corrected chi connectivity index (χ4v) is 3.03. The second-order valence-corrected chi connectivity index (χ2v) is 6.05. The summed E-state index contributed by atoms with van der Waals surface area (Å²) < 4.78 is 40.0. The molecular formula is C14H15FN2O2S. The SMILES string of the molecule is Cc1cccc(NS(=O)(=O)c2cccc(F)c2)c1CN. The van der Waals surface area contributed by atoms with E-state index >= 15 is 0 Å². The zero-order valence-corrected chi connectivity index (χ0v) is 11.7. The van der Waals surface area contributed by atoms with E-state index in [1.165, 1.54) is 18.2 Å². The van der Waals surface area contributed by atoms with Gasteiger partial charge >= 0.3 is 0 Å². The van der Waals surface area contributed by atoms with Crippen molar-refractivity contribution >= 4 is 15.7 Å². The first-order chi connectivity index (χ1) is 9.44. The molecule has 106 valence electrons. The molecule has 0 fully saturated rings. The molecule has 2 rings (SSSR count). The van der Waals surface area contributed by atoms with E-state index in [1.54, 1.807) is 12.1 Å². The van der Waals surface area contributed by atoms with Crippen molar-refractivity contribution in [1.82, 2.24) is 0 Å². The lowest BCUT2D eigenvalue weighted by Gasteiger charge is -2.13. The van der Waals surface area contributed by atoms with E-state index < -0.39 is 15.8 Å².